The Morgan fingerprint density at radius 2 is 2.03 bits per heavy atom. The molecule has 5 rings (SSSR count). The van der Waals surface area contributed by atoms with Crippen molar-refractivity contribution in [1.29, 1.82) is 0 Å². The molecule has 192 valence electrons. The predicted molar refractivity (Wildman–Crippen MR) is 136 cm³/mol. The highest BCUT2D eigenvalue weighted by Crippen LogP contribution is 2.34. The van der Waals surface area contributed by atoms with Crippen molar-refractivity contribution in [3.8, 4) is 28.6 Å². The second kappa shape index (κ2) is 10.9. The molecule has 2 saturated heterocycles. The number of hydrogen-bond donors (Lipinski definition) is 1. The number of nitrogens with one attached hydrogen (secondary N) is 1. The Bertz CT molecular complexity index is 1220. The number of carbonyl (C=O) groups is 1. The molecule has 3 aliphatic heterocycles. The summed E-state index contributed by atoms with van der Waals surface area (Å²) in [5.41, 5.74) is 1.67. The summed E-state index contributed by atoms with van der Waals surface area (Å²) in [7, 11) is 1.65. The van der Waals surface area contributed by atoms with E-state index in [1.165, 1.54) is 0 Å². The first-order valence-corrected chi connectivity index (χ1v) is 13.0. The Balaban J connectivity index is 1.48. The maximum absolute atomic E-state index is 11.7. The third-order valence-corrected chi connectivity index (χ3v) is 7.28. The molecule has 3 unspecified atom stereocenters. The molecule has 3 atom stereocenters. The van der Waals surface area contributed by atoms with E-state index in [2.05, 4.69) is 18.3 Å². The van der Waals surface area contributed by atoms with Crippen LogP contribution in [-0.2, 0) is 9.53 Å². The second-order valence-electron chi connectivity index (χ2n) is 9.76. The summed E-state index contributed by atoms with van der Waals surface area (Å²) >= 11 is 0. The van der Waals surface area contributed by atoms with Crippen molar-refractivity contribution in [1.82, 2.24) is 10.3 Å². The fourth-order valence-electron chi connectivity index (χ4n) is 4.95. The molecule has 0 aliphatic carbocycles. The third kappa shape index (κ3) is 5.33. The third-order valence-electron chi connectivity index (χ3n) is 7.28. The van der Waals surface area contributed by atoms with E-state index in [1.807, 2.05) is 31.2 Å². The van der Waals surface area contributed by atoms with Crippen molar-refractivity contribution < 1.29 is 23.7 Å². The Hall–Kier alpha value is -3.13. The van der Waals surface area contributed by atoms with Crippen molar-refractivity contribution in [2.24, 2.45) is 10.9 Å². The van der Waals surface area contributed by atoms with Gasteiger partial charge in [-0.1, -0.05) is 13.0 Å². The lowest BCUT2D eigenvalue weighted by Gasteiger charge is -2.24. The molecule has 1 aromatic heterocycles. The van der Waals surface area contributed by atoms with Crippen LogP contribution in [0.1, 0.15) is 46.0 Å². The van der Waals surface area contributed by atoms with Crippen LogP contribution in [-0.4, -0.2) is 56.0 Å². The number of carbonyl (C=O) groups excluding carboxylic acids is 1. The van der Waals surface area contributed by atoms with Gasteiger partial charge < -0.3 is 24.3 Å². The maximum Gasteiger partial charge on any atom is 0.223 e. The summed E-state index contributed by atoms with van der Waals surface area (Å²) in [5.74, 6) is 2.14. The van der Waals surface area contributed by atoms with Crippen molar-refractivity contribution in [3.05, 3.63) is 34.8 Å². The molecular formula is C28H35N3O5. The van der Waals surface area contributed by atoms with Gasteiger partial charge in [0.15, 0.2) is 11.5 Å². The minimum atomic E-state index is -0.155. The lowest BCUT2D eigenvalue weighted by Crippen LogP contribution is -2.36. The Morgan fingerprint density at radius 1 is 1.19 bits per heavy atom. The van der Waals surface area contributed by atoms with Crippen molar-refractivity contribution in [2.75, 3.05) is 26.9 Å². The molecule has 8 nitrogen and oxygen atoms in total. The van der Waals surface area contributed by atoms with Crippen molar-refractivity contribution in [3.63, 3.8) is 0 Å². The summed E-state index contributed by atoms with van der Waals surface area (Å²) in [5, 5.41) is 4.72. The number of pyridine rings is 1. The molecule has 4 heterocycles. The number of benzene rings is 1. The summed E-state index contributed by atoms with van der Waals surface area (Å²) < 4.78 is 23.7. The first kappa shape index (κ1) is 24.6. The zero-order valence-electron chi connectivity index (χ0n) is 21.3. The van der Waals surface area contributed by atoms with Gasteiger partial charge >= 0.3 is 0 Å². The number of amides is 1. The monoisotopic (exact) mass is 493 g/mol. The van der Waals surface area contributed by atoms with Gasteiger partial charge in [-0.05, 0) is 44.0 Å². The van der Waals surface area contributed by atoms with E-state index >= 15 is 0 Å². The van der Waals surface area contributed by atoms with Crippen LogP contribution in [0.4, 0.5) is 0 Å². The van der Waals surface area contributed by atoms with Crippen LogP contribution in [0.15, 0.2) is 29.3 Å². The maximum atomic E-state index is 11.7. The number of aromatic nitrogens is 1. The standard InChI is InChI=1S/C28H35N3O5/c1-4-20-6-7-22-24(30-20)15-23(31-28(22)35-17(2)19-14-27(32)29-16-19)18-5-8-25(26(13-18)33-3)36-21-9-11-34-12-10-21/h5,7-8,13,15,17,19-21H,4,6,9-12,14,16H2,1-3H3,(H,29,32). The molecule has 0 saturated carbocycles. The van der Waals surface area contributed by atoms with Gasteiger partial charge in [0.25, 0.3) is 0 Å². The number of hydrogen-bond acceptors (Lipinski definition) is 7. The van der Waals surface area contributed by atoms with Gasteiger partial charge in [-0.25, -0.2) is 4.98 Å². The van der Waals surface area contributed by atoms with E-state index in [0.29, 0.717) is 24.6 Å². The van der Waals surface area contributed by atoms with Crippen LogP contribution in [0.5, 0.6) is 17.4 Å². The summed E-state index contributed by atoms with van der Waals surface area (Å²) in [6.07, 6.45) is 6.20. The van der Waals surface area contributed by atoms with Crippen molar-refractivity contribution >= 4 is 12.0 Å². The first-order chi connectivity index (χ1) is 17.5. The van der Waals surface area contributed by atoms with E-state index in [9.17, 15) is 4.79 Å². The highest BCUT2D eigenvalue weighted by atomic mass is 16.5. The molecule has 2 fully saturated rings. The number of fused-ring (bicyclic) bond motifs is 1. The minimum absolute atomic E-state index is 0.0710. The fourth-order valence-corrected chi connectivity index (χ4v) is 4.95. The summed E-state index contributed by atoms with van der Waals surface area (Å²) in [4.78, 5) is 21.6. The SMILES string of the molecule is CCC1CC=c2c(OC(C)C3CNC(=O)C3)nc(-c3ccc(OC4CCOCC4)c(OC)c3)cc2=N1. The molecule has 2 aromatic rings. The topological polar surface area (TPSA) is 91.3 Å². The van der Waals surface area contributed by atoms with Crippen LogP contribution in [0, 0.1) is 5.92 Å². The second-order valence-corrected chi connectivity index (χ2v) is 9.76. The molecule has 8 heteroatoms. The van der Waals surface area contributed by atoms with Gasteiger partial charge in [-0.15, -0.1) is 0 Å². The molecule has 1 aromatic carbocycles. The van der Waals surface area contributed by atoms with Gasteiger partial charge in [0.2, 0.25) is 11.8 Å². The summed E-state index contributed by atoms with van der Waals surface area (Å²) in [6, 6.07) is 8.18. The zero-order chi connectivity index (χ0) is 25.1. The van der Waals surface area contributed by atoms with E-state index in [1.54, 1.807) is 7.11 Å². The van der Waals surface area contributed by atoms with Gasteiger partial charge in [-0.3, -0.25) is 9.79 Å². The number of nitrogens with zero attached hydrogens (tertiary/aromatic N) is 2. The average Bonchev–Trinajstić information content (AvgIpc) is 3.35. The number of rotatable bonds is 8. The first-order valence-electron chi connectivity index (χ1n) is 13.0. The molecule has 0 bridgehead atoms. The summed E-state index contributed by atoms with van der Waals surface area (Å²) in [6.45, 7) is 6.22. The molecule has 1 N–H and O–H groups in total. The molecule has 36 heavy (non-hydrogen) atoms. The highest BCUT2D eigenvalue weighted by molar-refractivity contribution is 5.78. The van der Waals surface area contributed by atoms with Gasteiger partial charge in [0.1, 0.15) is 12.2 Å². The van der Waals surface area contributed by atoms with E-state index in [0.717, 1.165) is 66.5 Å². The molecular weight excluding hydrogens is 458 g/mol. The van der Waals surface area contributed by atoms with Crippen LogP contribution in [0.2, 0.25) is 0 Å². The van der Waals surface area contributed by atoms with E-state index in [-0.39, 0.29) is 30.1 Å². The lowest BCUT2D eigenvalue weighted by atomic mass is 10.0. The van der Waals surface area contributed by atoms with Crippen LogP contribution < -0.4 is 30.1 Å². The normalized spacial score (nSPS) is 22.6. The Kier molecular flexibility index (Phi) is 7.41. The van der Waals surface area contributed by atoms with Gasteiger partial charge in [0, 0.05) is 37.3 Å². The molecule has 1 amide bonds. The fraction of sp³-hybridized carbons (Fsp3) is 0.536. The Labute approximate surface area is 211 Å². The smallest absolute Gasteiger partial charge is 0.223 e. The number of methoxy groups -OCH3 is 1. The van der Waals surface area contributed by atoms with Gasteiger partial charge in [0.05, 0.1) is 42.6 Å². The van der Waals surface area contributed by atoms with E-state index in [4.69, 9.17) is 28.9 Å². The lowest BCUT2D eigenvalue weighted by molar-refractivity contribution is -0.119. The molecule has 0 spiro atoms. The van der Waals surface area contributed by atoms with E-state index < -0.39 is 0 Å². The van der Waals surface area contributed by atoms with Crippen LogP contribution in [0.25, 0.3) is 17.3 Å². The zero-order valence-corrected chi connectivity index (χ0v) is 21.3. The Morgan fingerprint density at radius 3 is 2.75 bits per heavy atom. The largest absolute Gasteiger partial charge is 0.493 e. The highest BCUT2D eigenvalue weighted by Gasteiger charge is 2.29. The van der Waals surface area contributed by atoms with Crippen LogP contribution >= 0.6 is 0 Å². The average molecular weight is 494 g/mol. The molecule has 0 radical (unpaired) electrons. The van der Waals surface area contributed by atoms with Crippen molar-refractivity contribution in [2.45, 2.75) is 64.2 Å². The predicted octanol–water partition coefficient (Wildman–Crippen LogP) is 2.80. The van der Waals surface area contributed by atoms with Crippen LogP contribution in [0.3, 0.4) is 0 Å². The minimum Gasteiger partial charge on any atom is -0.493 e. The quantitative estimate of drug-likeness (QED) is 0.608. The molecule has 3 aliphatic rings. The number of ether oxygens (including phenoxy) is 4. The van der Waals surface area contributed by atoms with Gasteiger partial charge in [-0.2, -0.15) is 0 Å².